The number of nitrogens with one attached hydrogen (secondary N) is 1. The summed E-state index contributed by atoms with van der Waals surface area (Å²) in [5.74, 6) is 1.69. The Morgan fingerprint density at radius 3 is 2.52 bits per heavy atom. The lowest BCUT2D eigenvalue weighted by Crippen LogP contribution is -2.48. The SMILES string of the molecule is CN/N=C1/c2ccccc2OC=CN1CCN1CCN(c2ccc(Cl)cc2)CC1. The first kappa shape index (κ1) is 19.6. The van der Waals surface area contributed by atoms with E-state index in [0.29, 0.717) is 0 Å². The van der Waals surface area contributed by atoms with Gasteiger partial charge in [0.2, 0.25) is 0 Å². The Hall–Kier alpha value is -2.70. The highest BCUT2D eigenvalue weighted by atomic mass is 35.5. The molecule has 2 aromatic carbocycles. The van der Waals surface area contributed by atoms with E-state index in [9.17, 15) is 0 Å². The van der Waals surface area contributed by atoms with Crippen molar-refractivity contribution in [1.29, 1.82) is 0 Å². The van der Waals surface area contributed by atoms with Crippen molar-refractivity contribution >= 4 is 23.1 Å². The van der Waals surface area contributed by atoms with Crippen molar-refractivity contribution in [3.8, 4) is 5.75 Å². The van der Waals surface area contributed by atoms with Crippen LogP contribution in [0.4, 0.5) is 5.69 Å². The number of anilines is 1. The van der Waals surface area contributed by atoms with Crippen LogP contribution in [0.2, 0.25) is 5.02 Å². The summed E-state index contributed by atoms with van der Waals surface area (Å²) in [6.07, 6.45) is 3.69. The van der Waals surface area contributed by atoms with Crippen LogP contribution in [0.25, 0.3) is 0 Å². The Kier molecular flexibility index (Phi) is 6.22. The molecule has 0 bridgehead atoms. The second kappa shape index (κ2) is 9.20. The number of amidine groups is 1. The van der Waals surface area contributed by atoms with E-state index < -0.39 is 0 Å². The largest absolute Gasteiger partial charge is 0.463 e. The van der Waals surface area contributed by atoms with Crippen molar-refractivity contribution in [2.24, 2.45) is 5.10 Å². The summed E-state index contributed by atoms with van der Waals surface area (Å²) >= 11 is 6.01. The quantitative estimate of drug-likeness (QED) is 0.765. The van der Waals surface area contributed by atoms with Gasteiger partial charge in [-0.15, -0.1) is 0 Å². The molecule has 2 heterocycles. The number of nitrogens with zero attached hydrogens (tertiary/aromatic N) is 4. The lowest BCUT2D eigenvalue weighted by molar-refractivity contribution is 0.246. The lowest BCUT2D eigenvalue weighted by Gasteiger charge is -2.37. The van der Waals surface area contributed by atoms with Gasteiger partial charge in [0.1, 0.15) is 12.0 Å². The molecule has 1 N–H and O–H groups in total. The monoisotopic (exact) mass is 411 g/mol. The van der Waals surface area contributed by atoms with Gasteiger partial charge in [-0.05, 0) is 36.4 Å². The molecule has 29 heavy (non-hydrogen) atoms. The third kappa shape index (κ3) is 4.66. The van der Waals surface area contributed by atoms with Gasteiger partial charge in [0.05, 0.1) is 5.56 Å². The molecule has 0 spiro atoms. The molecule has 0 saturated carbocycles. The first-order chi connectivity index (χ1) is 14.2. The Morgan fingerprint density at radius 1 is 1.00 bits per heavy atom. The van der Waals surface area contributed by atoms with Crippen LogP contribution in [0.5, 0.6) is 5.75 Å². The van der Waals surface area contributed by atoms with Crippen LogP contribution in [0.15, 0.2) is 66.1 Å². The van der Waals surface area contributed by atoms with Crippen molar-refractivity contribution in [2.45, 2.75) is 0 Å². The van der Waals surface area contributed by atoms with E-state index in [1.807, 2.05) is 49.6 Å². The normalized spacial score (nSPS) is 18.3. The minimum absolute atomic E-state index is 0.780. The summed E-state index contributed by atoms with van der Waals surface area (Å²) in [5.41, 5.74) is 5.15. The van der Waals surface area contributed by atoms with E-state index >= 15 is 0 Å². The maximum Gasteiger partial charge on any atom is 0.163 e. The second-order valence-electron chi connectivity index (χ2n) is 7.06. The molecule has 1 saturated heterocycles. The molecule has 0 atom stereocenters. The lowest BCUT2D eigenvalue weighted by atomic mass is 10.1. The van der Waals surface area contributed by atoms with E-state index in [1.54, 1.807) is 6.26 Å². The molecule has 7 heteroatoms. The van der Waals surface area contributed by atoms with Crippen molar-refractivity contribution in [2.75, 3.05) is 51.2 Å². The third-order valence-corrected chi connectivity index (χ3v) is 5.53. The number of para-hydroxylation sites is 1. The van der Waals surface area contributed by atoms with Gasteiger partial charge in [-0.1, -0.05) is 23.7 Å². The molecule has 0 aliphatic carbocycles. The zero-order valence-electron chi connectivity index (χ0n) is 16.6. The fourth-order valence-corrected chi connectivity index (χ4v) is 3.82. The van der Waals surface area contributed by atoms with Crippen molar-refractivity contribution in [3.63, 3.8) is 0 Å². The summed E-state index contributed by atoms with van der Waals surface area (Å²) in [5, 5.41) is 5.29. The number of benzene rings is 2. The van der Waals surface area contributed by atoms with Crippen LogP contribution in [0, 0.1) is 0 Å². The molecule has 0 aromatic heterocycles. The molecule has 2 aliphatic heterocycles. The number of hydrazone groups is 1. The highest BCUT2D eigenvalue weighted by molar-refractivity contribution is 6.30. The zero-order chi connectivity index (χ0) is 20.1. The smallest absolute Gasteiger partial charge is 0.163 e. The van der Waals surface area contributed by atoms with Crippen LogP contribution < -0.4 is 15.1 Å². The van der Waals surface area contributed by atoms with E-state index in [1.165, 1.54) is 5.69 Å². The molecule has 0 amide bonds. The summed E-state index contributed by atoms with van der Waals surface area (Å²) < 4.78 is 5.76. The standard InChI is InChI=1S/C22H26ClN5O/c1-24-25-22-20-4-2-3-5-21(20)29-17-16-28(22)15-12-26-10-13-27(14-11-26)19-8-6-18(23)7-9-19/h2-9,16-17,24H,10-15H2,1H3/b25-22-. The molecule has 2 aliphatic rings. The average molecular weight is 412 g/mol. The van der Waals surface area contributed by atoms with Crippen LogP contribution in [-0.4, -0.2) is 62.0 Å². The van der Waals surface area contributed by atoms with E-state index in [2.05, 4.69) is 37.4 Å². The number of ether oxygens (including phenoxy) is 1. The van der Waals surface area contributed by atoms with E-state index in [4.69, 9.17) is 16.3 Å². The summed E-state index contributed by atoms with van der Waals surface area (Å²) in [4.78, 5) is 7.06. The van der Waals surface area contributed by atoms with Crippen molar-refractivity contribution < 1.29 is 4.74 Å². The summed E-state index contributed by atoms with van der Waals surface area (Å²) in [7, 11) is 1.82. The van der Waals surface area contributed by atoms with Gasteiger partial charge in [-0.3, -0.25) is 4.90 Å². The molecule has 4 rings (SSSR count). The van der Waals surface area contributed by atoms with Gasteiger partial charge < -0.3 is 20.0 Å². The number of rotatable bonds is 5. The van der Waals surface area contributed by atoms with Crippen LogP contribution in [0.1, 0.15) is 5.56 Å². The van der Waals surface area contributed by atoms with E-state index in [-0.39, 0.29) is 0 Å². The predicted octanol–water partition coefficient (Wildman–Crippen LogP) is 3.21. The van der Waals surface area contributed by atoms with Crippen LogP contribution in [-0.2, 0) is 0 Å². The molecule has 1 fully saturated rings. The summed E-state index contributed by atoms with van der Waals surface area (Å²) in [6.45, 7) is 5.90. The molecule has 6 nitrogen and oxygen atoms in total. The Balaban J connectivity index is 1.36. The topological polar surface area (TPSA) is 43.3 Å². The van der Waals surface area contributed by atoms with Gasteiger partial charge in [-0.2, -0.15) is 5.10 Å². The zero-order valence-corrected chi connectivity index (χ0v) is 17.3. The Bertz CT molecular complexity index is 875. The van der Waals surface area contributed by atoms with Crippen molar-refractivity contribution in [1.82, 2.24) is 15.2 Å². The molecule has 0 unspecified atom stereocenters. The van der Waals surface area contributed by atoms with Gasteiger partial charge >= 0.3 is 0 Å². The van der Waals surface area contributed by atoms with Gasteiger partial charge in [0, 0.05) is 63.2 Å². The van der Waals surface area contributed by atoms with E-state index in [0.717, 1.165) is 61.4 Å². The maximum atomic E-state index is 6.01. The van der Waals surface area contributed by atoms with Crippen molar-refractivity contribution in [3.05, 3.63) is 71.6 Å². The van der Waals surface area contributed by atoms with Gasteiger partial charge in [-0.25, -0.2) is 0 Å². The number of piperazine rings is 1. The average Bonchev–Trinajstić information content (AvgIpc) is 2.93. The molecule has 2 aromatic rings. The molecular weight excluding hydrogens is 386 g/mol. The molecule has 0 radical (unpaired) electrons. The third-order valence-electron chi connectivity index (χ3n) is 5.27. The van der Waals surface area contributed by atoms with Gasteiger partial charge in [0.15, 0.2) is 5.84 Å². The molecule has 152 valence electrons. The van der Waals surface area contributed by atoms with Crippen LogP contribution >= 0.6 is 11.6 Å². The highest BCUT2D eigenvalue weighted by Crippen LogP contribution is 2.24. The first-order valence-electron chi connectivity index (χ1n) is 9.91. The number of hydrogen-bond acceptors (Lipinski definition) is 5. The minimum atomic E-state index is 0.780. The Morgan fingerprint density at radius 2 is 1.76 bits per heavy atom. The number of fused-ring (bicyclic) bond motifs is 1. The second-order valence-corrected chi connectivity index (χ2v) is 7.49. The fraction of sp³-hybridized carbons (Fsp3) is 0.318. The highest BCUT2D eigenvalue weighted by Gasteiger charge is 2.21. The fourth-order valence-electron chi connectivity index (χ4n) is 3.70. The predicted molar refractivity (Wildman–Crippen MR) is 119 cm³/mol. The summed E-state index contributed by atoms with van der Waals surface area (Å²) in [6, 6.07) is 16.1. The minimum Gasteiger partial charge on any atom is -0.463 e. The number of halogens is 1. The molecular formula is C22H26ClN5O. The Labute approximate surface area is 177 Å². The first-order valence-corrected chi connectivity index (χ1v) is 10.3. The maximum absolute atomic E-state index is 6.01. The van der Waals surface area contributed by atoms with Gasteiger partial charge in [0.25, 0.3) is 0 Å². The number of hydrogen-bond donors (Lipinski definition) is 1. The van der Waals surface area contributed by atoms with Crippen LogP contribution in [0.3, 0.4) is 0 Å².